The van der Waals surface area contributed by atoms with Crippen molar-refractivity contribution in [3.05, 3.63) is 36.0 Å². The molecule has 0 saturated carbocycles. The molecule has 0 N–H and O–H groups in total. The lowest BCUT2D eigenvalue weighted by atomic mass is 9.96. The van der Waals surface area contributed by atoms with Gasteiger partial charge in [-0.1, -0.05) is 25.9 Å². The molecule has 0 saturated heterocycles. The summed E-state index contributed by atoms with van der Waals surface area (Å²) in [6.07, 6.45) is 0.226. The van der Waals surface area contributed by atoms with Gasteiger partial charge in [-0.15, -0.1) is 0 Å². The van der Waals surface area contributed by atoms with E-state index < -0.39 is 6.10 Å². The maximum Gasteiger partial charge on any atom is 0.306 e. The van der Waals surface area contributed by atoms with Gasteiger partial charge in [-0.2, -0.15) is 4.98 Å². The molecule has 0 radical (unpaired) electrons. The molecule has 0 aliphatic carbocycles. The number of rotatable bonds is 8. The van der Waals surface area contributed by atoms with E-state index >= 15 is 0 Å². The molecule has 0 spiro atoms. The largest absolute Gasteiger partial charge is 0.497 e. The Kier molecular flexibility index (Phi) is 6.60. The number of hydrogen-bond donors (Lipinski definition) is 0. The van der Waals surface area contributed by atoms with E-state index in [1.807, 2.05) is 45.0 Å². The third kappa shape index (κ3) is 5.75. The first-order valence-corrected chi connectivity index (χ1v) is 8.60. The van der Waals surface area contributed by atoms with Crippen LogP contribution in [0.2, 0.25) is 0 Å². The molecule has 1 unspecified atom stereocenters. The van der Waals surface area contributed by atoms with Gasteiger partial charge >= 0.3 is 5.97 Å². The Morgan fingerprint density at radius 3 is 2.42 bits per heavy atom. The monoisotopic (exact) mass is 362 g/mol. The number of esters is 1. The summed E-state index contributed by atoms with van der Waals surface area (Å²) in [4.78, 5) is 16.2. The van der Waals surface area contributed by atoms with E-state index in [1.165, 1.54) is 0 Å². The Labute approximate surface area is 153 Å². The normalized spacial score (nSPS) is 12.5. The number of carbonyl (C=O) groups excluding carboxylic acids is 1. The van der Waals surface area contributed by atoms with Gasteiger partial charge in [-0.3, -0.25) is 4.79 Å². The van der Waals surface area contributed by atoms with Crippen molar-refractivity contribution < 1.29 is 23.5 Å². The van der Waals surface area contributed by atoms with Gasteiger partial charge in [0.2, 0.25) is 0 Å². The lowest BCUT2D eigenvalue weighted by Gasteiger charge is -2.12. The van der Waals surface area contributed by atoms with Gasteiger partial charge in [0.25, 0.3) is 5.89 Å². The number of methoxy groups -OCH3 is 1. The minimum absolute atomic E-state index is 0.218. The highest BCUT2D eigenvalue weighted by Crippen LogP contribution is 2.22. The fourth-order valence-electron chi connectivity index (χ4n) is 2.09. The molecule has 0 fully saturated rings. The molecule has 0 amide bonds. The minimum atomic E-state index is -0.575. The van der Waals surface area contributed by atoms with Crippen LogP contribution in [-0.4, -0.2) is 29.8 Å². The third-order valence-corrected chi connectivity index (χ3v) is 3.62. The van der Waals surface area contributed by atoms with Crippen molar-refractivity contribution in [1.82, 2.24) is 10.1 Å². The molecule has 0 aliphatic rings. The lowest BCUT2D eigenvalue weighted by Crippen LogP contribution is -2.14. The van der Waals surface area contributed by atoms with E-state index in [1.54, 1.807) is 14.0 Å². The summed E-state index contributed by atoms with van der Waals surface area (Å²) in [6.45, 7) is 8.10. The van der Waals surface area contributed by atoms with E-state index in [-0.39, 0.29) is 17.8 Å². The summed E-state index contributed by atoms with van der Waals surface area (Å²) in [5, 5.41) is 3.93. The second kappa shape index (κ2) is 8.69. The summed E-state index contributed by atoms with van der Waals surface area (Å²) >= 11 is 0. The van der Waals surface area contributed by atoms with Gasteiger partial charge in [-0.25, -0.2) is 0 Å². The van der Waals surface area contributed by atoms with Crippen LogP contribution >= 0.6 is 0 Å². The molecule has 26 heavy (non-hydrogen) atoms. The van der Waals surface area contributed by atoms with Crippen molar-refractivity contribution in [3.8, 4) is 11.5 Å². The van der Waals surface area contributed by atoms with E-state index in [4.69, 9.17) is 18.7 Å². The molecule has 2 rings (SSSR count). The molecule has 7 heteroatoms. The topological polar surface area (TPSA) is 83.7 Å². The average molecular weight is 362 g/mol. The van der Waals surface area contributed by atoms with E-state index in [0.29, 0.717) is 24.7 Å². The lowest BCUT2D eigenvalue weighted by molar-refractivity contribution is -0.150. The quantitative estimate of drug-likeness (QED) is 0.521. The van der Waals surface area contributed by atoms with E-state index in [9.17, 15) is 4.79 Å². The number of nitrogens with zero attached hydrogens (tertiary/aromatic N) is 2. The van der Waals surface area contributed by atoms with Crippen LogP contribution < -0.4 is 9.47 Å². The van der Waals surface area contributed by atoms with Gasteiger partial charge in [-0.05, 0) is 37.6 Å². The molecule has 7 nitrogen and oxygen atoms in total. The van der Waals surface area contributed by atoms with E-state index in [0.717, 1.165) is 11.5 Å². The van der Waals surface area contributed by atoms with Crippen molar-refractivity contribution in [2.75, 3.05) is 13.7 Å². The Morgan fingerprint density at radius 1 is 1.19 bits per heavy atom. The van der Waals surface area contributed by atoms with Crippen LogP contribution in [0.5, 0.6) is 11.5 Å². The van der Waals surface area contributed by atoms with Crippen molar-refractivity contribution in [3.63, 3.8) is 0 Å². The zero-order valence-electron chi connectivity index (χ0n) is 15.9. The van der Waals surface area contributed by atoms with Crippen molar-refractivity contribution in [2.24, 2.45) is 0 Å². The second-order valence-corrected chi connectivity index (χ2v) is 6.97. The standard InChI is InChI=1S/C19H26N2O5/c1-13(17-20-18(21-26-17)19(2,3)4)25-16(22)7-6-12-24-15-10-8-14(23-5)9-11-15/h8-11,13H,6-7,12H2,1-5H3. The van der Waals surface area contributed by atoms with Crippen LogP contribution in [0.3, 0.4) is 0 Å². The van der Waals surface area contributed by atoms with Crippen LogP contribution in [0.1, 0.15) is 58.4 Å². The zero-order chi connectivity index (χ0) is 19.2. The molecule has 1 aromatic heterocycles. The number of benzene rings is 1. The zero-order valence-corrected chi connectivity index (χ0v) is 15.9. The molecule has 0 aliphatic heterocycles. The maximum absolute atomic E-state index is 11.9. The Hall–Kier alpha value is -2.57. The van der Waals surface area contributed by atoms with Crippen molar-refractivity contribution >= 4 is 5.97 Å². The predicted octanol–water partition coefficient (Wildman–Crippen LogP) is 3.84. The summed E-state index contributed by atoms with van der Waals surface area (Å²) in [5.41, 5.74) is -0.218. The molecule has 2 aromatic rings. The van der Waals surface area contributed by atoms with Crippen molar-refractivity contribution in [2.45, 2.75) is 52.1 Å². The summed E-state index contributed by atoms with van der Waals surface area (Å²) < 4.78 is 21.2. The average Bonchev–Trinajstić information content (AvgIpc) is 3.10. The predicted molar refractivity (Wildman–Crippen MR) is 95.2 cm³/mol. The fraction of sp³-hybridized carbons (Fsp3) is 0.526. The molecule has 142 valence electrons. The highest BCUT2D eigenvalue weighted by molar-refractivity contribution is 5.69. The van der Waals surface area contributed by atoms with Crippen LogP contribution in [0.4, 0.5) is 0 Å². The van der Waals surface area contributed by atoms with Gasteiger partial charge in [0, 0.05) is 11.8 Å². The van der Waals surface area contributed by atoms with E-state index in [2.05, 4.69) is 10.1 Å². The second-order valence-electron chi connectivity index (χ2n) is 6.97. The molecule has 1 heterocycles. The first-order valence-electron chi connectivity index (χ1n) is 8.60. The Balaban J connectivity index is 1.71. The SMILES string of the molecule is COc1ccc(OCCCC(=O)OC(C)c2nc(C(C)(C)C)no2)cc1. The number of carbonyl (C=O) groups is 1. The first kappa shape index (κ1) is 19.8. The number of hydrogen-bond acceptors (Lipinski definition) is 7. The number of aromatic nitrogens is 2. The molecule has 0 bridgehead atoms. The van der Waals surface area contributed by atoms with Gasteiger partial charge in [0.05, 0.1) is 13.7 Å². The summed E-state index contributed by atoms with van der Waals surface area (Å²) in [7, 11) is 1.61. The highest BCUT2D eigenvalue weighted by atomic mass is 16.6. The summed E-state index contributed by atoms with van der Waals surface area (Å²) in [5.74, 6) is 2.06. The molecular weight excluding hydrogens is 336 g/mol. The summed E-state index contributed by atoms with van der Waals surface area (Å²) in [6, 6.07) is 7.28. The Bertz CT molecular complexity index is 703. The highest BCUT2D eigenvalue weighted by Gasteiger charge is 2.24. The molecular formula is C19H26N2O5. The first-order chi connectivity index (χ1) is 12.3. The van der Waals surface area contributed by atoms with Gasteiger partial charge in [0.1, 0.15) is 11.5 Å². The smallest absolute Gasteiger partial charge is 0.306 e. The van der Waals surface area contributed by atoms with Crippen molar-refractivity contribution in [1.29, 1.82) is 0 Å². The van der Waals surface area contributed by atoms with Gasteiger partial charge < -0.3 is 18.7 Å². The molecule has 1 aromatic carbocycles. The van der Waals surface area contributed by atoms with Gasteiger partial charge in [0.15, 0.2) is 11.9 Å². The minimum Gasteiger partial charge on any atom is -0.497 e. The van der Waals surface area contributed by atoms with Crippen LogP contribution in [0.25, 0.3) is 0 Å². The molecule has 1 atom stereocenters. The maximum atomic E-state index is 11.9. The van der Waals surface area contributed by atoms with Crippen LogP contribution in [-0.2, 0) is 14.9 Å². The van der Waals surface area contributed by atoms with Crippen LogP contribution in [0.15, 0.2) is 28.8 Å². The third-order valence-electron chi connectivity index (χ3n) is 3.62. The van der Waals surface area contributed by atoms with Crippen LogP contribution in [0, 0.1) is 0 Å². The number of ether oxygens (including phenoxy) is 3. The Morgan fingerprint density at radius 2 is 1.85 bits per heavy atom. The fourth-order valence-corrected chi connectivity index (χ4v) is 2.09.